The number of halogens is 1. The van der Waals surface area contributed by atoms with Crippen molar-refractivity contribution in [1.29, 1.82) is 0 Å². The van der Waals surface area contributed by atoms with E-state index in [0.29, 0.717) is 0 Å². The third-order valence-corrected chi connectivity index (χ3v) is 4.16. The summed E-state index contributed by atoms with van der Waals surface area (Å²) in [6.45, 7) is 4.15. The zero-order valence-corrected chi connectivity index (χ0v) is 12.1. The Bertz CT molecular complexity index is 474. The minimum absolute atomic E-state index is 0.0884. The second-order valence-corrected chi connectivity index (χ2v) is 6.34. The van der Waals surface area contributed by atoms with Crippen LogP contribution in [-0.2, 0) is 14.8 Å². The number of rotatable bonds is 6. The Morgan fingerprint density at radius 2 is 2.11 bits per heavy atom. The topological polar surface area (TPSA) is 68.3 Å². The molecule has 0 aliphatic heterocycles. The fourth-order valence-electron chi connectivity index (χ4n) is 1.39. The van der Waals surface area contributed by atoms with Crippen LogP contribution in [0.5, 0.6) is 0 Å². The van der Waals surface area contributed by atoms with Crippen LogP contribution in [0, 0.1) is 5.92 Å². The Labute approximate surface area is 113 Å². The van der Waals surface area contributed by atoms with Gasteiger partial charge in [-0.1, -0.05) is 25.4 Å². The highest BCUT2D eigenvalue weighted by atomic mass is 35.5. The van der Waals surface area contributed by atoms with Crippen LogP contribution >= 0.6 is 11.6 Å². The molecule has 0 amide bonds. The van der Waals surface area contributed by atoms with Crippen molar-refractivity contribution in [2.45, 2.75) is 24.8 Å². The van der Waals surface area contributed by atoms with Crippen LogP contribution in [-0.4, -0.2) is 33.2 Å². The van der Waals surface area contributed by atoms with Gasteiger partial charge in [-0.2, -0.15) is 0 Å². The van der Waals surface area contributed by atoms with Crippen molar-refractivity contribution in [1.82, 2.24) is 9.71 Å². The van der Waals surface area contributed by atoms with Crippen LogP contribution in [0.15, 0.2) is 23.2 Å². The molecule has 5 nitrogen and oxygen atoms in total. The second-order valence-electron chi connectivity index (χ2n) is 4.19. The van der Waals surface area contributed by atoms with Gasteiger partial charge in [-0.25, -0.2) is 18.1 Å². The van der Waals surface area contributed by atoms with Crippen LogP contribution < -0.4 is 4.72 Å². The number of hydrogen-bond acceptors (Lipinski definition) is 4. The van der Waals surface area contributed by atoms with Gasteiger partial charge in [0.1, 0.15) is 10.0 Å². The van der Waals surface area contributed by atoms with Gasteiger partial charge in [0.15, 0.2) is 0 Å². The average Bonchev–Trinajstić information content (AvgIpc) is 2.29. The van der Waals surface area contributed by atoms with Gasteiger partial charge >= 0.3 is 0 Å². The Morgan fingerprint density at radius 1 is 1.44 bits per heavy atom. The SMILES string of the molecule is CO[C@H](CNS(=O)(=O)c1ccc(Cl)nc1)C(C)C. The Morgan fingerprint density at radius 3 is 2.56 bits per heavy atom. The molecule has 1 atom stereocenters. The van der Waals surface area contributed by atoms with Crippen molar-refractivity contribution in [3.8, 4) is 0 Å². The van der Waals surface area contributed by atoms with Crippen molar-refractivity contribution in [3.05, 3.63) is 23.5 Å². The van der Waals surface area contributed by atoms with Gasteiger partial charge in [-0.05, 0) is 18.1 Å². The molecular weight excluding hydrogens is 276 g/mol. The Kier molecular flexibility index (Phi) is 5.52. The molecule has 102 valence electrons. The van der Waals surface area contributed by atoms with Crippen molar-refractivity contribution in [3.63, 3.8) is 0 Å². The molecule has 0 unspecified atom stereocenters. The molecule has 0 aliphatic carbocycles. The first-order valence-electron chi connectivity index (χ1n) is 5.51. The lowest BCUT2D eigenvalue weighted by Crippen LogP contribution is -2.36. The molecule has 0 fully saturated rings. The molecule has 18 heavy (non-hydrogen) atoms. The molecule has 0 saturated heterocycles. The molecule has 0 aliphatic rings. The molecular formula is C11H17ClN2O3S. The lowest BCUT2D eigenvalue weighted by molar-refractivity contribution is 0.0691. The van der Waals surface area contributed by atoms with E-state index in [0.717, 1.165) is 0 Å². The highest BCUT2D eigenvalue weighted by Crippen LogP contribution is 2.11. The standard InChI is InChI=1S/C11H17ClN2O3S/c1-8(2)10(17-3)7-14-18(15,16)9-4-5-11(12)13-6-9/h4-6,8,10,14H,7H2,1-3H3/t10-/m1/s1. The van der Waals surface area contributed by atoms with Crippen LogP contribution in [0.1, 0.15) is 13.8 Å². The number of aromatic nitrogens is 1. The van der Waals surface area contributed by atoms with E-state index in [-0.39, 0.29) is 28.6 Å². The molecule has 0 aromatic carbocycles. The number of ether oxygens (including phenoxy) is 1. The van der Waals surface area contributed by atoms with E-state index in [9.17, 15) is 8.42 Å². The minimum Gasteiger partial charge on any atom is -0.380 e. The second kappa shape index (κ2) is 6.47. The van der Waals surface area contributed by atoms with Gasteiger partial charge in [-0.3, -0.25) is 0 Å². The molecule has 1 N–H and O–H groups in total. The molecule has 0 spiro atoms. The summed E-state index contributed by atoms with van der Waals surface area (Å²) in [5, 5.41) is 0.255. The summed E-state index contributed by atoms with van der Waals surface area (Å²) in [5.41, 5.74) is 0. The normalized spacial score (nSPS) is 13.8. The smallest absolute Gasteiger partial charge is 0.242 e. The third kappa shape index (κ3) is 4.20. The van der Waals surface area contributed by atoms with Gasteiger partial charge in [0, 0.05) is 19.9 Å². The number of hydrogen-bond donors (Lipinski definition) is 1. The molecule has 0 bridgehead atoms. The summed E-state index contributed by atoms with van der Waals surface area (Å²) < 4.78 is 31.6. The van der Waals surface area contributed by atoms with Gasteiger partial charge in [0.25, 0.3) is 0 Å². The van der Waals surface area contributed by atoms with Crippen LogP contribution in [0.3, 0.4) is 0 Å². The molecule has 0 saturated carbocycles. The fraction of sp³-hybridized carbons (Fsp3) is 0.545. The van der Waals surface area contributed by atoms with Crippen molar-refractivity contribution < 1.29 is 13.2 Å². The van der Waals surface area contributed by atoms with Gasteiger partial charge in [0.2, 0.25) is 10.0 Å². The molecule has 0 radical (unpaired) electrons. The fourth-order valence-corrected chi connectivity index (χ4v) is 2.49. The molecule has 1 aromatic rings. The zero-order valence-electron chi connectivity index (χ0n) is 10.6. The van der Waals surface area contributed by atoms with E-state index >= 15 is 0 Å². The van der Waals surface area contributed by atoms with E-state index in [1.807, 2.05) is 13.8 Å². The van der Waals surface area contributed by atoms with Gasteiger partial charge in [-0.15, -0.1) is 0 Å². The van der Waals surface area contributed by atoms with E-state index in [2.05, 4.69) is 9.71 Å². The quantitative estimate of drug-likeness (QED) is 0.810. The Balaban J connectivity index is 2.73. The summed E-state index contributed by atoms with van der Waals surface area (Å²) in [7, 11) is -2.01. The number of sulfonamides is 1. The zero-order chi connectivity index (χ0) is 13.8. The summed E-state index contributed by atoms with van der Waals surface area (Å²) in [6, 6.07) is 2.85. The first-order chi connectivity index (χ1) is 8.36. The van der Waals surface area contributed by atoms with E-state index < -0.39 is 10.0 Å². The number of pyridine rings is 1. The highest BCUT2D eigenvalue weighted by molar-refractivity contribution is 7.89. The molecule has 1 heterocycles. The first-order valence-corrected chi connectivity index (χ1v) is 7.37. The van der Waals surface area contributed by atoms with E-state index in [1.54, 1.807) is 7.11 Å². The highest BCUT2D eigenvalue weighted by Gasteiger charge is 2.18. The predicted octanol–water partition coefficient (Wildman–Crippen LogP) is 1.68. The number of methoxy groups -OCH3 is 1. The van der Waals surface area contributed by atoms with Crippen LogP contribution in [0.4, 0.5) is 0 Å². The number of nitrogens with zero attached hydrogens (tertiary/aromatic N) is 1. The van der Waals surface area contributed by atoms with E-state index in [1.165, 1.54) is 18.3 Å². The summed E-state index contributed by atoms with van der Waals surface area (Å²) in [5.74, 6) is 0.223. The maximum absolute atomic E-state index is 11.9. The largest absolute Gasteiger partial charge is 0.380 e. The lowest BCUT2D eigenvalue weighted by atomic mass is 10.1. The average molecular weight is 293 g/mol. The van der Waals surface area contributed by atoms with Crippen molar-refractivity contribution in [2.24, 2.45) is 5.92 Å². The van der Waals surface area contributed by atoms with Crippen molar-refractivity contribution in [2.75, 3.05) is 13.7 Å². The van der Waals surface area contributed by atoms with Gasteiger partial charge in [0.05, 0.1) is 6.10 Å². The summed E-state index contributed by atoms with van der Waals surface area (Å²) in [6.07, 6.45) is 1.06. The molecule has 1 aromatic heterocycles. The minimum atomic E-state index is -3.57. The van der Waals surface area contributed by atoms with Crippen LogP contribution in [0.25, 0.3) is 0 Å². The summed E-state index contributed by atoms with van der Waals surface area (Å²) in [4.78, 5) is 3.83. The van der Waals surface area contributed by atoms with Crippen molar-refractivity contribution >= 4 is 21.6 Å². The molecule has 1 rings (SSSR count). The predicted molar refractivity (Wildman–Crippen MR) is 70.1 cm³/mol. The number of nitrogens with one attached hydrogen (secondary N) is 1. The lowest BCUT2D eigenvalue weighted by Gasteiger charge is -2.19. The first kappa shape index (κ1) is 15.4. The third-order valence-electron chi connectivity index (χ3n) is 2.53. The van der Waals surface area contributed by atoms with Gasteiger partial charge < -0.3 is 4.74 Å². The maximum Gasteiger partial charge on any atom is 0.242 e. The van der Waals surface area contributed by atoms with E-state index in [4.69, 9.17) is 16.3 Å². The maximum atomic E-state index is 11.9. The monoisotopic (exact) mass is 292 g/mol. The molecule has 7 heteroatoms. The summed E-state index contributed by atoms with van der Waals surface area (Å²) >= 11 is 5.61. The van der Waals surface area contributed by atoms with Crippen LogP contribution in [0.2, 0.25) is 5.15 Å². The Hall–Kier alpha value is -0.690.